The second kappa shape index (κ2) is 51.2. The number of hydrogen-bond acceptors (Lipinski definition) is 6. The van der Waals surface area contributed by atoms with Gasteiger partial charge in [0.1, 0.15) is 13.2 Å². The summed E-state index contributed by atoms with van der Waals surface area (Å²) in [4.78, 5) is 37.9. The van der Waals surface area contributed by atoms with Crippen LogP contribution >= 0.6 is 0 Å². The van der Waals surface area contributed by atoms with E-state index in [0.29, 0.717) is 19.3 Å². The Labute approximate surface area is 388 Å². The highest BCUT2D eigenvalue weighted by Gasteiger charge is 2.19. The molecule has 0 aliphatic carbocycles. The molecule has 0 spiro atoms. The fourth-order valence-electron chi connectivity index (χ4n) is 6.91. The second-order valence-electron chi connectivity index (χ2n) is 17.1. The molecule has 6 nitrogen and oxygen atoms in total. The summed E-state index contributed by atoms with van der Waals surface area (Å²) in [5, 5.41) is 0. The third kappa shape index (κ3) is 49.5. The predicted molar refractivity (Wildman–Crippen MR) is 270 cm³/mol. The summed E-state index contributed by atoms with van der Waals surface area (Å²) in [6, 6.07) is 0. The van der Waals surface area contributed by atoms with Crippen LogP contribution < -0.4 is 0 Å². The van der Waals surface area contributed by atoms with Crippen LogP contribution in [0.1, 0.15) is 239 Å². The van der Waals surface area contributed by atoms with Gasteiger partial charge in [-0.1, -0.05) is 209 Å². The van der Waals surface area contributed by atoms with Crippen molar-refractivity contribution in [3.63, 3.8) is 0 Å². The number of carbonyl (C=O) groups excluding carboxylic acids is 3. The molecule has 63 heavy (non-hydrogen) atoms. The van der Waals surface area contributed by atoms with E-state index in [0.717, 1.165) is 77.0 Å². The molecule has 0 aromatic carbocycles. The van der Waals surface area contributed by atoms with Crippen LogP contribution in [0, 0.1) is 0 Å². The molecule has 0 aliphatic rings. The number of ether oxygens (including phenoxy) is 3. The van der Waals surface area contributed by atoms with Crippen molar-refractivity contribution in [3.8, 4) is 0 Å². The molecule has 0 aromatic heterocycles. The summed E-state index contributed by atoms with van der Waals surface area (Å²) >= 11 is 0. The largest absolute Gasteiger partial charge is 0.462 e. The van der Waals surface area contributed by atoms with E-state index in [1.54, 1.807) is 0 Å². The molecule has 0 saturated carbocycles. The standard InChI is InChI=1S/C57H96O6/c1-4-7-10-13-16-19-22-25-27-28-30-33-35-38-41-44-47-50-56(59)62-53-54(63-57(60)51-48-45-42-39-36-31-24-21-18-15-12-9-6-3)52-61-55(58)49-46-43-40-37-34-32-29-26-23-20-17-14-11-8-5-2/h16-17,19-20,25-27,29-30,33-34,37-38,41,54H,4-15,18,21-24,28,31-32,35-36,39-40,42-53H2,1-3H3/b19-16-,20-17-,27-25-,29-26-,33-30-,37-34-,41-38-/t54-/m0/s1. The molecule has 0 rings (SSSR count). The summed E-state index contributed by atoms with van der Waals surface area (Å²) in [7, 11) is 0. The quantitative estimate of drug-likeness (QED) is 0.0262. The second-order valence-corrected chi connectivity index (χ2v) is 17.1. The summed E-state index contributed by atoms with van der Waals surface area (Å²) in [6.45, 7) is 6.50. The van der Waals surface area contributed by atoms with E-state index in [2.05, 4.69) is 106 Å². The number of hydrogen-bond donors (Lipinski definition) is 0. The van der Waals surface area contributed by atoms with Crippen LogP contribution in [0.4, 0.5) is 0 Å². The van der Waals surface area contributed by atoms with Gasteiger partial charge in [0.15, 0.2) is 6.10 Å². The van der Waals surface area contributed by atoms with Gasteiger partial charge in [0.05, 0.1) is 0 Å². The van der Waals surface area contributed by atoms with E-state index < -0.39 is 6.10 Å². The van der Waals surface area contributed by atoms with Gasteiger partial charge < -0.3 is 14.2 Å². The maximum atomic E-state index is 12.8. The molecular formula is C57H96O6. The minimum atomic E-state index is -0.812. The first kappa shape index (κ1) is 59.6. The third-order valence-electron chi connectivity index (χ3n) is 10.9. The average molecular weight is 877 g/mol. The molecule has 0 fully saturated rings. The van der Waals surface area contributed by atoms with Crippen molar-refractivity contribution in [2.75, 3.05) is 13.2 Å². The van der Waals surface area contributed by atoms with Crippen LogP contribution in [-0.2, 0) is 28.6 Å². The molecule has 0 amide bonds. The lowest BCUT2D eigenvalue weighted by molar-refractivity contribution is -0.167. The maximum Gasteiger partial charge on any atom is 0.306 e. The molecular weight excluding hydrogens is 781 g/mol. The monoisotopic (exact) mass is 877 g/mol. The molecule has 0 aliphatic heterocycles. The van der Waals surface area contributed by atoms with Gasteiger partial charge in [-0.05, 0) is 96.3 Å². The summed E-state index contributed by atoms with van der Waals surface area (Å²) in [5.41, 5.74) is 0. The molecule has 0 N–H and O–H groups in total. The van der Waals surface area contributed by atoms with Crippen LogP contribution in [0.15, 0.2) is 85.1 Å². The molecule has 0 bridgehead atoms. The summed E-state index contributed by atoms with van der Waals surface area (Å²) < 4.78 is 16.7. The van der Waals surface area contributed by atoms with Crippen molar-refractivity contribution < 1.29 is 28.6 Å². The Kier molecular flexibility index (Phi) is 48.5. The fraction of sp³-hybridized carbons (Fsp3) is 0.702. The first-order valence-corrected chi connectivity index (χ1v) is 26.1. The summed E-state index contributed by atoms with van der Waals surface area (Å²) in [6.07, 6.45) is 65.7. The lowest BCUT2D eigenvalue weighted by Gasteiger charge is -2.18. The fourth-order valence-corrected chi connectivity index (χ4v) is 6.91. The van der Waals surface area contributed by atoms with E-state index in [4.69, 9.17) is 14.2 Å². The Morgan fingerprint density at radius 3 is 0.984 bits per heavy atom. The number of rotatable bonds is 46. The van der Waals surface area contributed by atoms with Crippen LogP contribution in [0.25, 0.3) is 0 Å². The summed E-state index contributed by atoms with van der Waals surface area (Å²) in [5.74, 6) is -1.00. The molecule has 1 atom stereocenters. The van der Waals surface area contributed by atoms with Gasteiger partial charge in [0.25, 0.3) is 0 Å². The lowest BCUT2D eigenvalue weighted by Crippen LogP contribution is -2.30. The highest BCUT2D eigenvalue weighted by atomic mass is 16.6. The number of allylic oxidation sites excluding steroid dienone is 14. The normalized spacial score (nSPS) is 12.7. The molecule has 360 valence electrons. The predicted octanol–water partition coefficient (Wildman–Crippen LogP) is 17.2. The first-order chi connectivity index (χ1) is 31.0. The Balaban J connectivity index is 4.52. The Bertz CT molecular complexity index is 1240. The molecule has 0 heterocycles. The average Bonchev–Trinajstić information content (AvgIpc) is 3.28. The van der Waals surface area contributed by atoms with Crippen LogP contribution in [0.3, 0.4) is 0 Å². The van der Waals surface area contributed by atoms with E-state index in [-0.39, 0.29) is 37.5 Å². The van der Waals surface area contributed by atoms with Gasteiger partial charge in [-0.25, -0.2) is 0 Å². The van der Waals surface area contributed by atoms with Crippen molar-refractivity contribution in [1.82, 2.24) is 0 Å². The van der Waals surface area contributed by atoms with Crippen LogP contribution in [-0.4, -0.2) is 37.2 Å². The minimum Gasteiger partial charge on any atom is -0.462 e. The highest BCUT2D eigenvalue weighted by molar-refractivity contribution is 5.71. The highest BCUT2D eigenvalue weighted by Crippen LogP contribution is 2.14. The number of esters is 3. The molecule has 6 heteroatoms. The van der Waals surface area contributed by atoms with E-state index in [1.165, 1.54) is 116 Å². The topological polar surface area (TPSA) is 78.9 Å². The van der Waals surface area contributed by atoms with Crippen molar-refractivity contribution in [3.05, 3.63) is 85.1 Å². The molecule has 0 aromatic rings. The zero-order valence-electron chi connectivity index (χ0n) is 41.1. The van der Waals surface area contributed by atoms with Crippen molar-refractivity contribution in [2.24, 2.45) is 0 Å². The Morgan fingerprint density at radius 1 is 0.317 bits per heavy atom. The van der Waals surface area contributed by atoms with E-state index in [9.17, 15) is 14.4 Å². The maximum absolute atomic E-state index is 12.8. The van der Waals surface area contributed by atoms with Gasteiger partial charge in [-0.2, -0.15) is 0 Å². The molecule has 0 saturated heterocycles. The van der Waals surface area contributed by atoms with Gasteiger partial charge >= 0.3 is 17.9 Å². The third-order valence-corrected chi connectivity index (χ3v) is 10.9. The van der Waals surface area contributed by atoms with Gasteiger partial charge in [0.2, 0.25) is 0 Å². The first-order valence-electron chi connectivity index (χ1n) is 26.1. The zero-order chi connectivity index (χ0) is 45.8. The molecule has 0 radical (unpaired) electrons. The van der Waals surface area contributed by atoms with Crippen molar-refractivity contribution in [1.29, 1.82) is 0 Å². The van der Waals surface area contributed by atoms with Crippen molar-refractivity contribution in [2.45, 2.75) is 245 Å². The molecule has 0 unspecified atom stereocenters. The van der Waals surface area contributed by atoms with E-state index >= 15 is 0 Å². The van der Waals surface area contributed by atoms with E-state index in [1.807, 2.05) is 0 Å². The van der Waals surface area contributed by atoms with Gasteiger partial charge in [0, 0.05) is 19.3 Å². The number of unbranched alkanes of at least 4 members (excludes halogenated alkanes) is 21. The van der Waals surface area contributed by atoms with Crippen molar-refractivity contribution >= 4 is 17.9 Å². The Morgan fingerprint density at radius 2 is 0.587 bits per heavy atom. The minimum absolute atomic E-state index is 0.112. The zero-order valence-corrected chi connectivity index (χ0v) is 41.1. The van der Waals surface area contributed by atoms with Crippen LogP contribution in [0.5, 0.6) is 0 Å². The number of carbonyl (C=O) groups is 3. The Hall–Kier alpha value is -3.41. The van der Waals surface area contributed by atoms with Gasteiger partial charge in [-0.15, -0.1) is 0 Å². The smallest absolute Gasteiger partial charge is 0.306 e. The van der Waals surface area contributed by atoms with Gasteiger partial charge in [-0.3, -0.25) is 14.4 Å². The SMILES string of the molecule is CCCCC/C=C\C/C=C\C/C=C\C/C=C\CCCC(=O)OC[C@H](COC(=O)CCCC/C=C\C/C=C\C/C=C\CCCCC)OC(=O)CCCCCCCCCCCCCCC. The van der Waals surface area contributed by atoms with Crippen LogP contribution in [0.2, 0.25) is 0 Å². The lowest BCUT2D eigenvalue weighted by atomic mass is 10.0.